The third-order valence-electron chi connectivity index (χ3n) is 2.72. The van der Waals surface area contributed by atoms with Gasteiger partial charge in [0.25, 0.3) is 0 Å². The van der Waals surface area contributed by atoms with Crippen LogP contribution in [0.2, 0.25) is 5.02 Å². The zero-order valence-electron chi connectivity index (χ0n) is 9.03. The number of carboxylic acids is 1. The van der Waals surface area contributed by atoms with Crippen molar-refractivity contribution in [2.24, 2.45) is 0 Å². The van der Waals surface area contributed by atoms with Gasteiger partial charge in [0.05, 0.1) is 17.4 Å². The molecule has 3 aromatic rings. The summed E-state index contributed by atoms with van der Waals surface area (Å²) in [6, 6.07) is 6.86. The van der Waals surface area contributed by atoms with Gasteiger partial charge in [-0.3, -0.25) is 5.10 Å². The van der Waals surface area contributed by atoms with Gasteiger partial charge in [-0.2, -0.15) is 5.10 Å². The van der Waals surface area contributed by atoms with E-state index >= 15 is 0 Å². The van der Waals surface area contributed by atoms with Gasteiger partial charge in [-0.25, -0.2) is 0 Å². The third kappa shape index (κ3) is 1.65. The van der Waals surface area contributed by atoms with Gasteiger partial charge in [0.15, 0.2) is 0 Å². The molecule has 5 nitrogen and oxygen atoms in total. The van der Waals surface area contributed by atoms with Crippen LogP contribution in [0, 0.1) is 0 Å². The average molecular weight is 261 g/mol. The molecule has 0 bridgehead atoms. The first-order valence-electron chi connectivity index (χ1n) is 5.19. The molecular formula is C12H7ClN3O2-. The highest BCUT2D eigenvalue weighted by molar-refractivity contribution is 6.31. The van der Waals surface area contributed by atoms with Crippen LogP contribution in [0.5, 0.6) is 0 Å². The van der Waals surface area contributed by atoms with Crippen LogP contribution in [0.15, 0.2) is 30.5 Å². The number of fused-ring (bicyclic) bond motifs is 1. The molecule has 18 heavy (non-hydrogen) atoms. The van der Waals surface area contributed by atoms with Crippen molar-refractivity contribution in [3.8, 4) is 11.3 Å². The summed E-state index contributed by atoms with van der Waals surface area (Å²) in [5, 5.41) is 18.6. The van der Waals surface area contributed by atoms with Crippen molar-refractivity contribution in [2.75, 3.05) is 0 Å². The maximum absolute atomic E-state index is 10.7. The summed E-state index contributed by atoms with van der Waals surface area (Å²) < 4.78 is 0. The van der Waals surface area contributed by atoms with E-state index in [0.29, 0.717) is 10.7 Å². The lowest BCUT2D eigenvalue weighted by atomic mass is 10.1. The monoisotopic (exact) mass is 260 g/mol. The average Bonchev–Trinajstić information content (AvgIpc) is 2.93. The van der Waals surface area contributed by atoms with Gasteiger partial charge >= 0.3 is 0 Å². The number of carbonyl (C=O) groups is 1. The Morgan fingerprint density at radius 3 is 2.89 bits per heavy atom. The van der Waals surface area contributed by atoms with Crippen molar-refractivity contribution in [3.63, 3.8) is 0 Å². The Labute approximate surface area is 106 Å². The molecule has 2 heterocycles. The van der Waals surface area contributed by atoms with E-state index in [1.54, 1.807) is 18.3 Å². The molecule has 3 rings (SSSR count). The fourth-order valence-corrected chi connectivity index (χ4v) is 2.04. The lowest BCUT2D eigenvalue weighted by Gasteiger charge is -1.95. The Balaban J connectivity index is 2.18. The minimum Gasteiger partial charge on any atom is -0.543 e. The molecule has 0 spiro atoms. The van der Waals surface area contributed by atoms with Crippen LogP contribution < -0.4 is 5.11 Å². The smallest absolute Gasteiger partial charge is 0.0949 e. The van der Waals surface area contributed by atoms with Crippen LogP contribution in [-0.2, 0) is 0 Å². The summed E-state index contributed by atoms with van der Waals surface area (Å²) in [6.07, 6.45) is 1.76. The van der Waals surface area contributed by atoms with E-state index < -0.39 is 5.97 Å². The van der Waals surface area contributed by atoms with E-state index in [-0.39, 0.29) is 5.69 Å². The molecule has 0 unspecified atom stereocenters. The molecule has 0 saturated carbocycles. The van der Waals surface area contributed by atoms with E-state index in [2.05, 4.69) is 15.2 Å². The van der Waals surface area contributed by atoms with E-state index in [4.69, 9.17) is 11.6 Å². The highest BCUT2D eigenvalue weighted by Gasteiger charge is 2.10. The molecule has 0 saturated heterocycles. The topological polar surface area (TPSA) is 84.6 Å². The first kappa shape index (κ1) is 10.9. The Morgan fingerprint density at radius 2 is 2.17 bits per heavy atom. The van der Waals surface area contributed by atoms with Crippen LogP contribution in [0.3, 0.4) is 0 Å². The second-order valence-electron chi connectivity index (χ2n) is 3.85. The molecule has 0 radical (unpaired) electrons. The van der Waals surface area contributed by atoms with Gasteiger partial charge in [0, 0.05) is 27.7 Å². The number of hydrogen-bond acceptors (Lipinski definition) is 3. The van der Waals surface area contributed by atoms with E-state index in [1.165, 1.54) is 6.07 Å². The minimum atomic E-state index is -1.29. The first-order valence-corrected chi connectivity index (χ1v) is 5.57. The number of hydrogen-bond donors (Lipinski definition) is 2. The highest BCUT2D eigenvalue weighted by atomic mass is 35.5. The number of aromatic nitrogens is 3. The lowest BCUT2D eigenvalue weighted by Crippen LogP contribution is -2.22. The van der Waals surface area contributed by atoms with Gasteiger partial charge in [-0.15, -0.1) is 0 Å². The maximum atomic E-state index is 10.7. The van der Waals surface area contributed by atoms with Crippen molar-refractivity contribution in [1.29, 1.82) is 0 Å². The molecule has 0 amide bonds. The molecular weight excluding hydrogens is 254 g/mol. The first-order chi connectivity index (χ1) is 8.65. The molecule has 90 valence electrons. The molecule has 6 heteroatoms. The number of aromatic carboxylic acids is 1. The van der Waals surface area contributed by atoms with Gasteiger partial charge in [0.1, 0.15) is 0 Å². The summed E-state index contributed by atoms with van der Waals surface area (Å²) in [6.45, 7) is 0. The predicted molar refractivity (Wildman–Crippen MR) is 65.2 cm³/mol. The Kier molecular flexibility index (Phi) is 2.34. The van der Waals surface area contributed by atoms with Crippen molar-refractivity contribution >= 4 is 28.5 Å². The van der Waals surface area contributed by atoms with Crippen molar-refractivity contribution in [1.82, 2.24) is 15.2 Å². The second-order valence-corrected chi connectivity index (χ2v) is 4.28. The van der Waals surface area contributed by atoms with Crippen molar-refractivity contribution < 1.29 is 9.90 Å². The zero-order valence-corrected chi connectivity index (χ0v) is 9.78. The SMILES string of the molecule is O=C([O-])c1cc(-c2c[nH]c3ccc(Cl)cc23)n[nH]1. The molecule has 0 aliphatic heterocycles. The molecule has 0 atom stereocenters. The number of carboxylic acid groups (broad SMARTS) is 1. The predicted octanol–water partition coefficient (Wildman–Crippen LogP) is 1.57. The quantitative estimate of drug-likeness (QED) is 0.733. The highest BCUT2D eigenvalue weighted by Crippen LogP contribution is 2.29. The van der Waals surface area contributed by atoms with Gasteiger partial charge in [0.2, 0.25) is 0 Å². The van der Waals surface area contributed by atoms with E-state index in [9.17, 15) is 9.90 Å². The van der Waals surface area contributed by atoms with Crippen LogP contribution in [-0.4, -0.2) is 21.2 Å². The molecule has 0 fully saturated rings. The second kappa shape index (κ2) is 3.89. The fourth-order valence-electron chi connectivity index (χ4n) is 1.87. The molecule has 0 aliphatic rings. The normalized spacial score (nSPS) is 10.9. The fraction of sp³-hybridized carbons (Fsp3) is 0. The number of H-pyrrole nitrogens is 2. The van der Waals surface area contributed by atoms with E-state index in [0.717, 1.165) is 16.5 Å². The maximum Gasteiger partial charge on any atom is 0.0949 e. The largest absolute Gasteiger partial charge is 0.543 e. The molecule has 1 aromatic carbocycles. The Bertz CT molecular complexity index is 745. The van der Waals surface area contributed by atoms with Gasteiger partial charge in [-0.1, -0.05) is 11.6 Å². The van der Waals surface area contributed by atoms with Gasteiger partial charge < -0.3 is 14.9 Å². The van der Waals surface area contributed by atoms with Crippen LogP contribution >= 0.6 is 11.6 Å². The van der Waals surface area contributed by atoms with E-state index in [1.807, 2.05) is 6.07 Å². The van der Waals surface area contributed by atoms with Crippen LogP contribution in [0.1, 0.15) is 10.5 Å². The lowest BCUT2D eigenvalue weighted by molar-refractivity contribution is -0.255. The number of benzene rings is 1. The number of aromatic amines is 2. The Hall–Kier alpha value is -2.27. The number of nitrogens with one attached hydrogen (secondary N) is 2. The number of halogens is 1. The van der Waals surface area contributed by atoms with Crippen molar-refractivity contribution in [3.05, 3.63) is 41.2 Å². The summed E-state index contributed by atoms with van der Waals surface area (Å²) in [4.78, 5) is 13.8. The number of rotatable bonds is 2. The summed E-state index contributed by atoms with van der Waals surface area (Å²) in [5.41, 5.74) is 2.17. The standard InChI is InChI=1S/C12H8ClN3O2/c13-6-1-2-9-7(3-6)8(5-14-9)10-4-11(12(17)18)16-15-10/h1-5,14H,(H,15,16)(H,17,18)/p-1. The molecule has 2 N–H and O–H groups in total. The third-order valence-corrected chi connectivity index (χ3v) is 2.95. The zero-order chi connectivity index (χ0) is 12.7. The summed E-state index contributed by atoms with van der Waals surface area (Å²) in [5.74, 6) is -1.29. The minimum absolute atomic E-state index is 0.0543. The molecule has 2 aromatic heterocycles. The molecule has 0 aliphatic carbocycles. The van der Waals surface area contributed by atoms with Crippen LogP contribution in [0.25, 0.3) is 22.2 Å². The number of nitrogens with zero attached hydrogens (tertiary/aromatic N) is 1. The van der Waals surface area contributed by atoms with Crippen molar-refractivity contribution in [2.45, 2.75) is 0 Å². The van der Waals surface area contributed by atoms with Crippen LogP contribution in [0.4, 0.5) is 0 Å². The Morgan fingerprint density at radius 1 is 1.33 bits per heavy atom. The number of carbonyl (C=O) groups excluding carboxylic acids is 1. The van der Waals surface area contributed by atoms with Gasteiger partial charge in [-0.05, 0) is 24.3 Å². The summed E-state index contributed by atoms with van der Waals surface area (Å²) in [7, 11) is 0. The summed E-state index contributed by atoms with van der Waals surface area (Å²) >= 11 is 5.94.